The Balaban J connectivity index is 1.88. The van der Waals surface area contributed by atoms with Crippen LogP contribution in [0.15, 0.2) is 72.8 Å². The van der Waals surface area contributed by atoms with Crippen LogP contribution in [0.25, 0.3) is 0 Å². The summed E-state index contributed by atoms with van der Waals surface area (Å²) in [5, 5.41) is 3.40. The predicted octanol–water partition coefficient (Wildman–Crippen LogP) is 5.32. The quantitative estimate of drug-likeness (QED) is 0.263. The zero-order valence-corrected chi connectivity index (χ0v) is 25.7. The first-order valence-electron chi connectivity index (χ1n) is 13.2. The van der Waals surface area contributed by atoms with Crippen molar-refractivity contribution in [1.82, 2.24) is 10.2 Å². The van der Waals surface area contributed by atoms with E-state index in [-0.39, 0.29) is 37.7 Å². The van der Waals surface area contributed by atoms with Gasteiger partial charge in [-0.05, 0) is 48.7 Å². The van der Waals surface area contributed by atoms with Crippen molar-refractivity contribution in [3.8, 4) is 5.75 Å². The van der Waals surface area contributed by atoms with Crippen LogP contribution in [-0.2, 0) is 32.6 Å². The minimum atomic E-state index is -3.67. The molecule has 0 aliphatic rings. The number of halogens is 2. The number of rotatable bonds is 14. The summed E-state index contributed by atoms with van der Waals surface area (Å²) < 4.78 is 32.4. The summed E-state index contributed by atoms with van der Waals surface area (Å²) in [6.45, 7) is 2.36. The molecule has 0 fully saturated rings. The lowest BCUT2D eigenvalue weighted by molar-refractivity contribution is -0.141. The number of amides is 2. The molecule has 0 saturated heterocycles. The van der Waals surface area contributed by atoms with Crippen LogP contribution in [0.2, 0.25) is 10.0 Å². The van der Waals surface area contributed by atoms with Crippen molar-refractivity contribution in [1.29, 1.82) is 0 Å². The second-order valence-electron chi connectivity index (χ2n) is 9.43. The number of hydrogen-bond acceptors (Lipinski definition) is 5. The first-order valence-corrected chi connectivity index (χ1v) is 15.8. The molecule has 0 heterocycles. The maximum absolute atomic E-state index is 13.8. The van der Waals surface area contributed by atoms with Crippen LogP contribution >= 0.6 is 23.2 Å². The number of benzene rings is 3. The highest BCUT2D eigenvalue weighted by Gasteiger charge is 2.30. The molecule has 0 aromatic heterocycles. The van der Waals surface area contributed by atoms with E-state index in [0.29, 0.717) is 40.1 Å². The molecule has 8 nitrogen and oxygen atoms in total. The normalized spacial score (nSPS) is 11.9. The average molecular weight is 621 g/mol. The molecule has 0 aliphatic heterocycles. The van der Waals surface area contributed by atoms with Gasteiger partial charge >= 0.3 is 0 Å². The van der Waals surface area contributed by atoms with Crippen molar-refractivity contribution in [2.24, 2.45) is 0 Å². The molecular weight excluding hydrogens is 585 g/mol. The fourth-order valence-electron chi connectivity index (χ4n) is 4.48. The Morgan fingerprint density at radius 1 is 0.951 bits per heavy atom. The summed E-state index contributed by atoms with van der Waals surface area (Å²) in [6, 6.07) is 20.6. The van der Waals surface area contributed by atoms with Gasteiger partial charge in [-0.3, -0.25) is 13.9 Å². The van der Waals surface area contributed by atoms with Crippen molar-refractivity contribution in [3.05, 3.63) is 94.0 Å². The van der Waals surface area contributed by atoms with Gasteiger partial charge < -0.3 is 15.0 Å². The molecule has 3 aromatic rings. The van der Waals surface area contributed by atoms with Gasteiger partial charge in [0.1, 0.15) is 11.8 Å². The van der Waals surface area contributed by atoms with Crippen LogP contribution < -0.4 is 14.4 Å². The van der Waals surface area contributed by atoms with Crippen molar-refractivity contribution in [2.45, 2.75) is 38.8 Å². The van der Waals surface area contributed by atoms with Gasteiger partial charge in [0.15, 0.2) is 0 Å². The molecule has 2 amide bonds. The molecule has 1 N–H and O–H groups in total. The number of ether oxygens (including phenoxy) is 1. The Bertz CT molecular complexity index is 1440. The SMILES string of the molecule is CCOc1ccccc1N(CCCC(=O)N(Cc1ccc(Cl)c(Cl)c1)C(Cc1ccccc1)C(=O)NC)S(C)(=O)=O. The van der Waals surface area contributed by atoms with E-state index in [1.807, 2.05) is 37.3 Å². The van der Waals surface area contributed by atoms with Crippen molar-refractivity contribution in [3.63, 3.8) is 0 Å². The summed E-state index contributed by atoms with van der Waals surface area (Å²) in [4.78, 5) is 28.4. The Morgan fingerprint density at radius 2 is 1.63 bits per heavy atom. The largest absolute Gasteiger partial charge is 0.492 e. The second kappa shape index (κ2) is 15.1. The second-order valence-corrected chi connectivity index (χ2v) is 12.2. The molecule has 0 spiro atoms. The fraction of sp³-hybridized carbons (Fsp3) is 0.333. The molecule has 11 heteroatoms. The molecule has 0 bridgehead atoms. The third-order valence-electron chi connectivity index (χ3n) is 6.44. The molecule has 0 radical (unpaired) electrons. The van der Waals surface area contributed by atoms with E-state index in [9.17, 15) is 18.0 Å². The number of carbonyl (C=O) groups excluding carboxylic acids is 2. The van der Waals surface area contributed by atoms with Crippen molar-refractivity contribution in [2.75, 3.05) is 30.8 Å². The number of sulfonamides is 1. The highest BCUT2D eigenvalue weighted by molar-refractivity contribution is 7.92. The monoisotopic (exact) mass is 619 g/mol. The zero-order valence-electron chi connectivity index (χ0n) is 23.3. The number of likely N-dealkylation sites (N-methyl/N-ethyl adjacent to an activating group) is 1. The predicted molar refractivity (Wildman–Crippen MR) is 164 cm³/mol. The minimum Gasteiger partial charge on any atom is -0.492 e. The summed E-state index contributed by atoms with van der Waals surface area (Å²) in [5.41, 5.74) is 2.01. The number of para-hydroxylation sites is 2. The van der Waals surface area contributed by atoms with Gasteiger partial charge in [0.2, 0.25) is 21.8 Å². The van der Waals surface area contributed by atoms with E-state index in [4.69, 9.17) is 27.9 Å². The highest BCUT2D eigenvalue weighted by atomic mass is 35.5. The maximum Gasteiger partial charge on any atom is 0.242 e. The first-order chi connectivity index (χ1) is 19.5. The Hall–Kier alpha value is -3.27. The maximum atomic E-state index is 13.8. The molecule has 0 saturated carbocycles. The van der Waals surface area contributed by atoms with Crippen LogP contribution in [0.3, 0.4) is 0 Å². The van der Waals surface area contributed by atoms with Gasteiger partial charge in [-0.25, -0.2) is 8.42 Å². The summed E-state index contributed by atoms with van der Waals surface area (Å²) >= 11 is 12.3. The molecule has 1 atom stereocenters. The molecule has 3 rings (SSSR count). The molecular formula is C30H35Cl2N3O5S. The Labute approximate surface area is 252 Å². The lowest BCUT2D eigenvalue weighted by Gasteiger charge is -2.32. The third-order valence-corrected chi connectivity index (χ3v) is 8.36. The van der Waals surface area contributed by atoms with Crippen LogP contribution in [-0.4, -0.2) is 57.6 Å². The van der Waals surface area contributed by atoms with Gasteiger partial charge in [0.25, 0.3) is 0 Å². The average Bonchev–Trinajstić information content (AvgIpc) is 2.95. The van der Waals surface area contributed by atoms with Crippen molar-refractivity contribution >= 4 is 50.7 Å². The van der Waals surface area contributed by atoms with Gasteiger partial charge in [0, 0.05) is 33.0 Å². The Kier molecular flexibility index (Phi) is 11.9. The molecule has 41 heavy (non-hydrogen) atoms. The van der Waals surface area contributed by atoms with Gasteiger partial charge in [0.05, 0.1) is 28.6 Å². The van der Waals surface area contributed by atoms with Gasteiger partial charge in [-0.2, -0.15) is 0 Å². The van der Waals surface area contributed by atoms with Crippen LogP contribution in [0.5, 0.6) is 5.75 Å². The standard InChI is InChI=1S/C30H35Cl2N3O5S/c1-4-40-28-14-9-8-13-26(28)35(41(3,38)39)18-10-15-29(36)34(21-23-16-17-24(31)25(32)19-23)27(30(37)33-2)20-22-11-6-5-7-12-22/h5-9,11-14,16-17,19,27H,4,10,15,18,20-21H2,1-3H3,(H,33,37). The van der Waals surface area contributed by atoms with Gasteiger partial charge in [-0.15, -0.1) is 0 Å². The number of nitrogens with one attached hydrogen (secondary N) is 1. The molecule has 3 aromatic carbocycles. The van der Waals surface area contributed by atoms with Crippen LogP contribution in [0, 0.1) is 0 Å². The summed E-state index contributed by atoms with van der Waals surface area (Å²) in [7, 11) is -2.14. The summed E-state index contributed by atoms with van der Waals surface area (Å²) in [6.07, 6.45) is 1.64. The zero-order chi connectivity index (χ0) is 30.0. The smallest absolute Gasteiger partial charge is 0.242 e. The number of anilines is 1. The van der Waals surface area contributed by atoms with Crippen molar-refractivity contribution < 1.29 is 22.7 Å². The van der Waals surface area contributed by atoms with Crippen LogP contribution in [0.1, 0.15) is 30.9 Å². The van der Waals surface area contributed by atoms with Crippen LogP contribution in [0.4, 0.5) is 5.69 Å². The third kappa shape index (κ3) is 9.11. The molecule has 0 aliphatic carbocycles. The van der Waals surface area contributed by atoms with E-state index >= 15 is 0 Å². The van der Waals surface area contributed by atoms with E-state index in [0.717, 1.165) is 11.8 Å². The topological polar surface area (TPSA) is 96.0 Å². The van der Waals surface area contributed by atoms with E-state index in [1.54, 1.807) is 42.5 Å². The highest BCUT2D eigenvalue weighted by Crippen LogP contribution is 2.30. The Morgan fingerprint density at radius 3 is 2.27 bits per heavy atom. The van der Waals surface area contributed by atoms with E-state index in [1.165, 1.54) is 16.3 Å². The fourth-order valence-corrected chi connectivity index (χ4v) is 5.77. The lowest BCUT2D eigenvalue weighted by Crippen LogP contribution is -2.49. The van der Waals surface area contributed by atoms with E-state index in [2.05, 4.69) is 5.32 Å². The number of nitrogens with zero attached hydrogens (tertiary/aromatic N) is 2. The molecule has 1 unspecified atom stereocenters. The summed E-state index contributed by atoms with van der Waals surface area (Å²) in [5.74, 6) is -0.173. The number of carbonyl (C=O) groups is 2. The van der Waals surface area contributed by atoms with Gasteiger partial charge in [-0.1, -0.05) is 71.7 Å². The number of hydrogen-bond donors (Lipinski definition) is 1. The molecule has 220 valence electrons. The minimum absolute atomic E-state index is 0.00638. The lowest BCUT2D eigenvalue weighted by atomic mass is 10.0. The van der Waals surface area contributed by atoms with E-state index < -0.39 is 16.1 Å². The first kappa shape index (κ1) is 32.2.